The van der Waals surface area contributed by atoms with E-state index in [0.29, 0.717) is 18.1 Å². The van der Waals surface area contributed by atoms with Crippen LogP contribution >= 0.6 is 11.3 Å². The summed E-state index contributed by atoms with van der Waals surface area (Å²) in [4.78, 5) is 3.31. The van der Waals surface area contributed by atoms with Gasteiger partial charge in [-0.2, -0.15) is 18.4 Å². The van der Waals surface area contributed by atoms with E-state index in [-0.39, 0.29) is 4.90 Å². The summed E-state index contributed by atoms with van der Waals surface area (Å²) >= 11 is 1.50. The monoisotopic (exact) mass is 324 g/mol. The summed E-state index contributed by atoms with van der Waals surface area (Å²) in [5.74, 6) is 0.634. The molecule has 0 saturated carbocycles. The van der Waals surface area contributed by atoms with Gasteiger partial charge in [0, 0.05) is 0 Å². The maximum absolute atomic E-state index is 12.1. The highest BCUT2D eigenvalue weighted by Crippen LogP contribution is 2.16. The lowest BCUT2D eigenvalue weighted by atomic mass is 10.3. The predicted octanol–water partition coefficient (Wildman–Crippen LogP) is 2.85. The van der Waals surface area contributed by atoms with E-state index in [4.69, 9.17) is 4.74 Å². The van der Waals surface area contributed by atoms with Crippen LogP contribution in [-0.4, -0.2) is 20.7 Å². The molecule has 1 aromatic heterocycles. The van der Waals surface area contributed by atoms with Crippen LogP contribution in [0.25, 0.3) is 0 Å². The van der Waals surface area contributed by atoms with Crippen LogP contribution in [0.3, 0.4) is 0 Å². The molecule has 1 N–H and O–H groups in total. The molecule has 0 aliphatic carbocycles. The summed E-state index contributed by atoms with van der Waals surface area (Å²) in [5, 5.41) is 5.84. The molecule has 0 fully saturated rings. The van der Waals surface area contributed by atoms with Crippen LogP contribution in [0.5, 0.6) is 5.75 Å². The van der Waals surface area contributed by atoms with Crippen LogP contribution < -0.4 is 9.57 Å². The average molecular weight is 324 g/mol. The third kappa shape index (κ3) is 4.05. The van der Waals surface area contributed by atoms with Crippen molar-refractivity contribution in [3.8, 4) is 5.75 Å². The fourth-order valence-corrected chi connectivity index (χ4v) is 3.14. The first-order valence-electron chi connectivity index (χ1n) is 6.36. The summed E-state index contributed by atoms with van der Waals surface area (Å²) in [6.45, 7) is 4.16. The lowest BCUT2D eigenvalue weighted by molar-refractivity contribution is 0.340. The van der Waals surface area contributed by atoms with E-state index < -0.39 is 10.0 Å². The van der Waals surface area contributed by atoms with E-state index in [0.717, 1.165) is 4.88 Å². The van der Waals surface area contributed by atoms with Gasteiger partial charge in [0.1, 0.15) is 5.75 Å². The first kappa shape index (κ1) is 15.5. The lowest BCUT2D eigenvalue weighted by Crippen LogP contribution is -2.19. The number of hydrogen-bond acceptors (Lipinski definition) is 5. The molecule has 2 aromatic rings. The van der Waals surface area contributed by atoms with Gasteiger partial charge in [0.2, 0.25) is 0 Å². The minimum Gasteiger partial charge on any atom is -0.494 e. The Morgan fingerprint density at radius 1 is 1.29 bits per heavy atom. The second-order valence-electron chi connectivity index (χ2n) is 4.17. The fourth-order valence-electron chi connectivity index (χ4n) is 1.60. The fraction of sp³-hybridized carbons (Fsp3) is 0.214. The van der Waals surface area contributed by atoms with Crippen molar-refractivity contribution in [2.24, 2.45) is 5.10 Å². The third-order valence-electron chi connectivity index (χ3n) is 2.66. The van der Waals surface area contributed by atoms with Gasteiger partial charge in [-0.05, 0) is 49.6 Å². The number of nitrogens with zero attached hydrogens (tertiary/aromatic N) is 1. The van der Waals surface area contributed by atoms with Gasteiger partial charge in [-0.1, -0.05) is 6.07 Å². The molecule has 2 rings (SSSR count). The number of hydrazone groups is 1. The maximum Gasteiger partial charge on any atom is 0.276 e. The Kier molecular flexibility index (Phi) is 4.98. The van der Waals surface area contributed by atoms with E-state index in [1.807, 2.05) is 24.4 Å². The number of thiophene rings is 1. The Morgan fingerprint density at radius 2 is 2.00 bits per heavy atom. The van der Waals surface area contributed by atoms with Gasteiger partial charge in [0.15, 0.2) is 0 Å². The minimum atomic E-state index is -3.67. The molecule has 112 valence electrons. The van der Waals surface area contributed by atoms with E-state index in [9.17, 15) is 8.42 Å². The summed E-state index contributed by atoms with van der Waals surface area (Å²) < 4.78 is 29.5. The van der Waals surface area contributed by atoms with Crippen LogP contribution in [0.4, 0.5) is 0 Å². The van der Waals surface area contributed by atoms with Gasteiger partial charge in [-0.3, -0.25) is 0 Å². The van der Waals surface area contributed by atoms with Crippen LogP contribution in [0.2, 0.25) is 0 Å². The van der Waals surface area contributed by atoms with Crippen molar-refractivity contribution in [2.45, 2.75) is 18.7 Å². The standard InChI is InChI=1S/C14H16N2O3S2/c1-3-19-12-6-8-13(9-7-12)21(17,18)16-15-11(2)14-5-4-10-20-14/h4-10,16H,3H2,1-2H3/b15-11-. The zero-order valence-corrected chi connectivity index (χ0v) is 13.4. The van der Waals surface area contributed by atoms with Crippen LogP contribution in [0, 0.1) is 0 Å². The average Bonchev–Trinajstić information content (AvgIpc) is 3.00. The second-order valence-corrected chi connectivity index (χ2v) is 6.78. The second kappa shape index (κ2) is 6.73. The normalized spacial score (nSPS) is 12.2. The van der Waals surface area contributed by atoms with Gasteiger partial charge in [-0.25, -0.2) is 0 Å². The molecule has 0 radical (unpaired) electrons. The van der Waals surface area contributed by atoms with Crippen LogP contribution in [-0.2, 0) is 10.0 Å². The number of ether oxygens (including phenoxy) is 1. The minimum absolute atomic E-state index is 0.147. The molecule has 21 heavy (non-hydrogen) atoms. The van der Waals surface area contributed by atoms with E-state index >= 15 is 0 Å². The molecule has 5 nitrogen and oxygen atoms in total. The molecule has 0 bridgehead atoms. The number of benzene rings is 1. The van der Waals surface area contributed by atoms with Gasteiger partial charge in [-0.15, -0.1) is 11.3 Å². The topological polar surface area (TPSA) is 67.8 Å². The molecular formula is C14H16N2O3S2. The zero-order valence-electron chi connectivity index (χ0n) is 11.7. The Bertz CT molecular complexity index is 705. The molecule has 1 aromatic carbocycles. The van der Waals surface area contributed by atoms with Crippen molar-refractivity contribution in [3.63, 3.8) is 0 Å². The van der Waals surface area contributed by atoms with Gasteiger partial charge >= 0.3 is 0 Å². The molecule has 0 unspecified atom stereocenters. The zero-order chi connectivity index (χ0) is 15.3. The van der Waals surface area contributed by atoms with Crippen molar-refractivity contribution in [1.29, 1.82) is 0 Å². The summed E-state index contributed by atoms with van der Waals surface area (Å²) in [6.07, 6.45) is 0. The maximum atomic E-state index is 12.1. The molecule has 0 spiro atoms. The predicted molar refractivity (Wildman–Crippen MR) is 84.5 cm³/mol. The summed E-state index contributed by atoms with van der Waals surface area (Å²) in [5.41, 5.74) is 0.625. The first-order valence-corrected chi connectivity index (χ1v) is 8.72. The Morgan fingerprint density at radius 3 is 2.57 bits per heavy atom. The van der Waals surface area contributed by atoms with Crippen LogP contribution in [0.15, 0.2) is 51.8 Å². The largest absolute Gasteiger partial charge is 0.494 e. The van der Waals surface area contributed by atoms with Crippen molar-refractivity contribution in [3.05, 3.63) is 46.7 Å². The highest BCUT2D eigenvalue weighted by atomic mass is 32.2. The Hall–Kier alpha value is -1.86. The van der Waals surface area contributed by atoms with E-state index in [1.165, 1.54) is 23.5 Å². The van der Waals surface area contributed by atoms with E-state index in [2.05, 4.69) is 9.93 Å². The lowest BCUT2D eigenvalue weighted by Gasteiger charge is -2.06. The SMILES string of the molecule is CCOc1ccc(S(=O)(=O)N/N=C(/C)c2cccs2)cc1. The Balaban J connectivity index is 2.13. The summed E-state index contributed by atoms with van der Waals surface area (Å²) in [7, 11) is -3.67. The van der Waals surface area contributed by atoms with Crippen LogP contribution in [0.1, 0.15) is 18.7 Å². The number of sulfonamides is 1. The molecular weight excluding hydrogens is 308 g/mol. The van der Waals surface area contributed by atoms with Crippen molar-refractivity contribution in [1.82, 2.24) is 4.83 Å². The van der Waals surface area contributed by atoms with E-state index in [1.54, 1.807) is 19.1 Å². The quantitative estimate of drug-likeness (QED) is 0.656. The van der Waals surface area contributed by atoms with Gasteiger partial charge < -0.3 is 4.74 Å². The molecule has 0 amide bonds. The molecule has 1 heterocycles. The van der Waals surface area contributed by atoms with Crippen molar-refractivity contribution >= 4 is 27.1 Å². The van der Waals surface area contributed by atoms with Crippen molar-refractivity contribution in [2.75, 3.05) is 6.61 Å². The van der Waals surface area contributed by atoms with Gasteiger partial charge in [0.25, 0.3) is 10.0 Å². The van der Waals surface area contributed by atoms with Crippen molar-refractivity contribution < 1.29 is 13.2 Å². The highest BCUT2D eigenvalue weighted by Gasteiger charge is 2.13. The smallest absolute Gasteiger partial charge is 0.276 e. The number of rotatable bonds is 6. The number of hydrogen-bond donors (Lipinski definition) is 1. The van der Waals surface area contributed by atoms with Gasteiger partial charge in [0.05, 0.1) is 22.1 Å². The number of nitrogens with one attached hydrogen (secondary N) is 1. The molecule has 0 aliphatic heterocycles. The molecule has 0 aliphatic rings. The molecule has 0 saturated heterocycles. The summed E-state index contributed by atoms with van der Waals surface area (Å²) in [6, 6.07) is 9.99. The highest BCUT2D eigenvalue weighted by molar-refractivity contribution is 7.89. The molecule has 7 heteroatoms. The Labute approximate surface area is 128 Å². The first-order chi connectivity index (χ1) is 10.0. The third-order valence-corrected chi connectivity index (χ3v) is 4.86. The molecule has 0 atom stereocenters.